The van der Waals surface area contributed by atoms with Crippen molar-refractivity contribution in [2.45, 2.75) is 26.3 Å². The fourth-order valence-electron chi connectivity index (χ4n) is 1.66. The number of nitrogens with zero attached hydrogens (tertiary/aromatic N) is 2. The highest BCUT2D eigenvalue weighted by Gasteiger charge is 2.00. The van der Waals surface area contributed by atoms with Gasteiger partial charge in [-0.2, -0.15) is 0 Å². The van der Waals surface area contributed by atoms with Crippen molar-refractivity contribution < 1.29 is 0 Å². The van der Waals surface area contributed by atoms with Crippen LogP contribution in [-0.2, 0) is 6.54 Å². The first-order valence-electron chi connectivity index (χ1n) is 5.83. The third-order valence-corrected chi connectivity index (χ3v) is 2.67. The third-order valence-electron chi connectivity index (χ3n) is 2.67. The lowest BCUT2D eigenvalue weighted by molar-refractivity contribution is 0.863. The van der Waals surface area contributed by atoms with Crippen LogP contribution in [0.1, 0.15) is 30.9 Å². The van der Waals surface area contributed by atoms with Crippen LogP contribution in [0.2, 0.25) is 0 Å². The molecule has 3 heteroatoms. The molecule has 2 aromatic rings. The molecule has 17 heavy (non-hydrogen) atoms. The van der Waals surface area contributed by atoms with Crippen LogP contribution < -0.4 is 5.32 Å². The van der Waals surface area contributed by atoms with E-state index in [9.17, 15) is 0 Å². The van der Waals surface area contributed by atoms with Gasteiger partial charge < -0.3 is 5.32 Å². The highest BCUT2D eigenvalue weighted by Crippen LogP contribution is 2.16. The molecule has 1 aromatic heterocycles. The van der Waals surface area contributed by atoms with Gasteiger partial charge in [0.25, 0.3) is 0 Å². The Balaban J connectivity index is 2.02. The highest BCUT2D eigenvalue weighted by atomic mass is 14.9. The molecule has 1 heterocycles. The molecule has 0 radical (unpaired) electrons. The lowest BCUT2D eigenvalue weighted by Gasteiger charge is -2.09. The lowest BCUT2D eigenvalue weighted by Crippen LogP contribution is -2.01. The van der Waals surface area contributed by atoms with Crippen molar-refractivity contribution in [3.8, 4) is 0 Å². The second kappa shape index (κ2) is 5.43. The molecule has 0 saturated carbocycles. The smallest absolute Gasteiger partial charge is 0.115 e. The summed E-state index contributed by atoms with van der Waals surface area (Å²) >= 11 is 0. The van der Waals surface area contributed by atoms with Gasteiger partial charge in [0, 0.05) is 6.54 Å². The zero-order chi connectivity index (χ0) is 12.1. The van der Waals surface area contributed by atoms with Crippen molar-refractivity contribution in [3.05, 3.63) is 54.1 Å². The van der Waals surface area contributed by atoms with E-state index in [1.165, 1.54) is 17.5 Å². The number of rotatable bonds is 4. The van der Waals surface area contributed by atoms with Gasteiger partial charge in [0.15, 0.2) is 0 Å². The average molecular weight is 227 g/mol. The summed E-state index contributed by atoms with van der Waals surface area (Å²) in [5, 5.41) is 3.30. The summed E-state index contributed by atoms with van der Waals surface area (Å²) in [6.07, 6.45) is 5.09. The predicted molar refractivity (Wildman–Crippen MR) is 69.9 cm³/mol. The summed E-state index contributed by atoms with van der Waals surface area (Å²) in [7, 11) is 0. The number of hydrogen-bond acceptors (Lipinski definition) is 3. The van der Waals surface area contributed by atoms with Crippen LogP contribution in [0.4, 0.5) is 5.69 Å². The first-order valence-corrected chi connectivity index (χ1v) is 5.83. The highest BCUT2D eigenvalue weighted by molar-refractivity contribution is 5.38. The van der Waals surface area contributed by atoms with E-state index in [-0.39, 0.29) is 0 Å². The first-order chi connectivity index (χ1) is 8.25. The minimum atomic E-state index is 0.565. The molecule has 0 spiro atoms. The summed E-state index contributed by atoms with van der Waals surface area (Å²) in [6.45, 7) is 5.21. The maximum absolute atomic E-state index is 3.97. The molecule has 3 nitrogen and oxygen atoms in total. The van der Waals surface area contributed by atoms with Gasteiger partial charge in [0.1, 0.15) is 6.33 Å². The van der Waals surface area contributed by atoms with Gasteiger partial charge in [0.05, 0.1) is 18.1 Å². The molecule has 0 bridgehead atoms. The van der Waals surface area contributed by atoms with Crippen LogP contribution in [0.5, 0.6) is 0 Å². The predicted octanol–water partition coefficient (Wildman–Crippen LogP) is 3.21. The van der Waals surface area contributed by atoms with Crippen LogP contribution in [0.3, 0.4) is 0 Å². The van der Waals surface area contributed by atoms with Gasteiger partial charge in [-0.1, -0.05) is 38.1 Å². The number of hydrogen-bond donors (Lipinski definition) is 1. The molecular weight excluding hydrogens is 210 g/mol. The molecule has 0 fully saturated rings. The van der Waals surface area contributed by atoms with Gasteiger partial charge in [0.2, 0.25) is 0 Å². The largest absolute Gasteiger partial charge is 0.378 e. The van der Waals surface area contributed by atoms with Crippen LogP contribution in [0.25, 0.3) is 0 Å². The Bertz CT molecular complexity index is 466. The Morgan fingerprint density at radius 1 is 1.18 bits per heavy atom. The molecule has 2 rings (SSSR count). The molecule has 0 amide bonds. The zero-order valence-electron chi connectivity index (χ0n) is 10.2. The fourth-order valence-corrected chi connectivity index (χ4v) is 1.66. The number of nitrogens with one attached hydrogen (secondary N) is 1. The van der Waals surface area contributed by atoms with Crippen molar-refractivity contribution >= 4 is 5.69 Å². The second-order valence-electron chi connectivity index (χ2n) is 4.38. The molecule has 0 aliphatic heterocycles. The van der Waals surface area contributed by atoms with E-state index in [1.807, 2.05) is 0 Å². The molecule has 0 saturated heterocycles. The van der Waals surface area contributed by atoms with E-state index in [1.54, 1.807) is 12.4 Å². The summed E-state index contributed by atoms with van der Waals surface area (Å²) < 4.78 is 0. The summed E-state index contributed by atoms with van der Waals surface area (Å²) in [6, 6.07) is 8.64. The molecular formula is C14H17N3. The van der Waals surface area contributed by atoms with Crippen LogP contribution in [0.15, 0.2) is 43.0 Å². The molecule has 88 valence electrons. The van der Waals surface area contributed by atoms with E-state index in [2.05, 4.69) is 53.4 Å². The Morgan fingerprint density at radius 3 is 2.65 bits per heavy atom. The first kappa shape index (κ1) is 11.6. The number of benzene rings is 1. The number of anilines is 1. The van der Waals surface area contributed by atoms with E-state index < -0.39 is 0 Å². The quantitative estimate of drug-likeness (QED) is 0.871. The Labute approximate surface area is 102 Å². The molecule has 1 N–H and O–H groups in total. The summed E-state index contributed by atoms with van der Waals surface area (Å²) in [5.41, 5.74) is 3.59. The maximum Gasteiger partial charge on any atom is 0.115 e. The zero-order valence-corrected chi connectivity index (χ0v) is 10.2. The van der Waals surface area contributed by atoms with Crippen LogP contribution in [0, 0.1) is 0 Å². The minimum absolute atomic E-state index is 0.565. The van der Waals surface area contributed by atoms with Gasteiger partial charge in [-0.05, 0) is 17.0 Å². The monoisotopic (exact) mass is 227 g/mol. The second-order valence-corrected chi connectivity index (χ2v) is 4.38. The van der Waals surface area contributed by atoms with Gasteiger partial charge in [-0.15, -0.1) is 0 Å². The summed E-state index contributed by atoms with van der Waals surface area (Å²) in [4.78, 5) is 7.94. The topological polar surface area (TPSA) is 37.8 Å². The summed E-state index contributed by atoms with van der Waals surface area (Å²) in [5.74, 6) is 0.565. The van der Waals surface area contributed by atoms with Gasteiger partial charge in [-0.25, -0.2) is 9.97 Å². The van der Waals surface area contributed by atoms with Crippen molar-refractivity contribution in [3.63, 3.8) is 0 Å². The molecule has 1 aromatic carbocycles. The van der Waals surface area contributed by atoms with Crippen LogP contribution in [-0.4, -0.2) is 9.97 Å². The molecule has 0 unspecified atom stereocenters. The van der Waals surface area contributed by atoms with E-state index in [4.69, 9.17) is 0 Å². The van der Waals surface area contributed by atoms with Crippen LogP contribution >= 0.6 is 0 Å². The normalized spacial score (nSPS) is 10.5. The average Bonchev–Trinajstić information content (AvgIpc) is 2.38. The molecule has 0 aliphatic carbocycles. The standard InChI is InChI=1S/C14H17N3/c1-11(2)13-5-3-4-12(6-13)7-17-14-8-15-10-16-9-14/h3-6,8-11,17H,7H2,1-2H3. The SMILES string of the molecule is CC(C)c1cccc(CNc2cncnc2)c1. The van der Waals surface area contributed by atoms with E-state index in [0.717, 1.165) is 12.2 Å². The third kappa shape index (κ3) is 3.28. The fraction of sp³-hybridized carbons (Fsp3) is 0.286. The van der Waals surface area contributed by atoms with E-state index in [0.29, 0.717) is 5.92 Å². The Morgan fingerprint density at radius 2 is 1.94 bits per heavy atom. The van der Waals surface area contributed by atoms with Crippen molar-refractivity contribution in [2.24, 2.45) is 0 Å². The maximum atomic E-state index is 3.97. The Hall–Kier alpha value is -1.90. The van der Waals surface area contributed by atoms with Crippen molar-refractivity contribution in [1.29, 1.82) is 0 Å². The van der Waals surface area contributed by atoms with Gasteiger partial charge >= 0.3 is 0 Å². The lowest BCUT2D eigenvalue weighted by atomic mass is 10.0. The molecule has 0 aliphatic rings. The van der Waals surface area contributed by atoms with Crippen molar-refractivity contribution in [1.82, 2.24) is 9.97 Å². The number of aromatic nitrogens is 2. The van der Waals surface area contributed by atoms with Gasteiger partial charge in [-0.3, -0.25) is 0 Å². The van der Waals surface area contributed by atoms with E-state index >= 15 is 0 Å². The molecule has 0 atom stereocenters. The van der Waals surface area contributed by atoms with Crippen molar-refractivity contribution in [2.75, 3.05) is 5.32 Å². The Kier molecular flexibility index (Phi) is 3.70. The minimum Gasteiger partial charge on any atom is -0.378 e.